The molecule has 0 saturated heterocycles. The summed E-state index contributed by atoms with van der Waals surface area (Å²) in [6, 6.07) is 1.93. The summed E-state index contributed by atoms with van der Waals surface area (Å²) in [5.74, 6) is -1.16. The van der Waals surface area contributed by atoms with Crippen LogP contribution in [-0.4, -0.2) is 34.6 Å². The minimum absolute atomic E-state index is 0.380. The number of aromatic nitrogens is 1. The van der Waals surface area contributed by atoms with Gasteiger partial charge in [-0.3, -0.25) is 14.7 Å². The average Bonchev–Trinajstić information content (AvgIpc) is 2.22. The lowest BCUT2D eigenvalue weighted by Crippen LogP contribution is -2.28. The molecule has 0 amide bonds. The minimum atomic E-state index is -0.778. The SMILES string of the molecule is CC(CN(C)Cc1ncc(Br)cc1Br)C(=O)O. The fourth-order valence-electron chi connectivity index (χ4n) is 1.43. The predicted octanol–water partition coefficient (Wildman–Crippen LogP) is 2.76. The molecular weight excluding hydrogens is 352 g/mol. The number of rotatable bonds is 5. The number of halogens is 2. The van der Waals surface area contributed by atoms with Gasteiger partial charge in [-0.1, -0.05) is 6.92 Å². The van der Waals surface area contributed by atoms with Crippen molar-refractivity contribution in [2.24, 2.45) is 5.92 Å². The lowest BCUT2D eigenvalue weighted by Gasteiger charge is -2.19. The molecular formula is C11H14Br2N2O2. The van der Waals surface area contributed by atoms with Gasteiger partial charge in [0.25, 0.3) is 0 Å². The Morgan fingerprint density at radius 2 is 2.24 bits per heavy atom. The summed E-state index contributed by atoms with van der Waals surface area (Å²) >= 11 is 6.77. The van der Waals surface area contributed by atoms with Gasteiger partial charge in [0.2, 0.25) is 0 Å². The molecule has 1 N–H and O–H groups in total. The van der Waals surface area contributed by atoms with Gasteiger partial charge >= 0.3 is 5.97 Å². The van der Waals surface area contributed by atoms with Crippen LogP contribution in [0.1, 0.15) is 12.6 Å². The first-order valence-electron chi connectivity index (χ1n) is 5.11. The zero-order valence-corrected chi connectivity index (χ0v) is 12.8. The molecule has 17 heavy (non-hydrogen) atoms. The Bertz CT molecular complexity index is 412. The monoisotopic (exact) mass is 364 g/mol. The van der Waals surface area contributed by atoms with Crippen LogP contribution in [0.4, 0.5) is 0 Å². The smallest absolute Gasteiger partial charge is 0.307 e. The van der Waals surface area contributed by atoms with Crippen molar-refractivity contribution < 1.29 is 9.90 Å². The first-order chi connectivity index (χ1) is 7.90. The predicted molar refractivity (Wildman–Crippen MR) is 72.8 cm³/mol. The lowest BCUT2D eigenvalue weighted by atomic mass is 10.2. The van der Waals surface area contributed by atoms with Crippen LogP contribution in [0.15, 0.2) is 21.2 Å². The maximum absolute atomic E-state index is 10.7. The molecule has 1 rings (SSSR count). The van der Waals surface area contributed by atoms with E-state index in [9.17, 15) is 4.79 Å². The molecule has 1 atom stereocenters. The van der Waals surface area contributed by atoms with E-state index in [1.165, 1.54) is 0 Å². The fourth-order valence-corrected chi connectivity index (χ4v) is 2.54. The van der Waals surface area contributed by atoms with Crippen molar-refractivity contribution in [2.75, 3.05) is 13.6 Å². The van der Waals surface area contributed by atoms with Crippen LogP contribution in [0.5, 0.6) is 0 Å². The summed E-state index contributed by atoms with van der Waals surface area (Å²) in [4.78, 5) is 17.0. The summed E-state index contributed by atoms with van der Waals surface area (Å²) in [7, 11) is 1.88. The second kappa shape index (κ2) is 6.47. The second-order valence-corrected chi connectivity index (χ2v) is 5.79. The molecule has 4 nitrogen and oxygen atoms in total. The quantitative estimate of drug-likeness (QED) is 0.871. The molecule has 0 aliphatic rings. The highest BCUT2D eigenvalue weighted by molar-refractivity contribution is 9.11. The summed E-state index contributed by atoms with van der Waals surface area (Å²) in [5.41, 5.74) is 0.897. The summed E-state index contributed by atoms with van der Waals surface area (Å²) in [6.45, 7) is 2.81. The molecule has 0 bridgehead atoms. The largest absolute Gasteiger partial charge is 0.481 e. The number of pyridine rings is 1. The number of nitrogens with zero attached hydrogens (tertiary/aromatic N) is 2. The van der Waals surface area contributed by atoms with Crippen molar-refractivity contribution in [2.45, 2.75) is 13.5 Å². The highest BCUT2D eigenvalue weighted by Crippen LogP contribution is 2.20. The van der Waals surface area contributed by atoms with Gasteiger partial charge in [-0.2, -0.15) is 0 Å². The van der Waals surface area contributed by atoms with Crippen molar-refractivity contribution in [3.8, 4) is 0 Å². The molecule has 0 aliphatic carbocycles. The number of hydrogen-bond donors (Lipinski definition) is 1. The van der Waals surface area contributed by atoms with Gasteiger partial charge in [-0.25, -0.2) is 0 Å². The number of carboxylic acids is 1. The third-order valence-electron chi connectivity index (χ3n) is 2.31. The van der Waals surface area contributed by atoms with Crippen molar-refractivity contribution in [1.82, 2.24) is 9.88 Å². The number of hydrogen-bond acceptors (Lipinski definition) is 3. The Labute approximate surface area is 117 Å². The molecule has 0 spiro atoms. The van der Waals surface area contributed by atoms with Gasteiger partial charge in [0.05, 0.1) is 11.6 Å². The maximum atomic E-state index is 10.7. The Morgan fingerprint density at radius 3 is 2.76 bits per heavy atom. The van der Waals surface area contributed by atoms with E-state index in [4.69, 9.17) is 5.11 Å². The van der Waals surface area contributed by atoms with Crippen LogP contribution in [0.3, 0.4) is 0 Å². The average molecular weight is 366 g/mol. The lowest BCUT2D eigenvalue weighted by molar-refractivity contribution is -0.141. The molecule has 0 fully saturated rings. The van der Waals surface area contributed by atoms with Gasteiger partial charge in [-0.15, -0.1) is 0 Å². The van der Waals surface area contributed by atoms with Crippen molar-refractivity contribution >= 4 is 37.8 Å². The van der Waals surface area contributed by atoms with Crippen molar-refractivity contribution in [3.05, 3.63) is 26.9 Å². The Morgan fingerprint density at radius 1 is 1.59 bits per heavy atom. The van der Waals surface area contributed by atoms with Gasteiger partial charge < -0.3 is 5.11 Å². The molecule has 6 heteroatoms. The minimum Gasteiger partial charge on any atom is -0.481 e. The standard InChI is InChI=1S/C11H14Br2N2O2/c1-7(11(16)17)5-15(2)6-10-9(13)3-8(12)4-14-10/h3-4,7H,5-6H2,1-2H3,(H,16,17). The fraction of sp³-hybridized carbons (Fsp3) is 0.455. The van der Waals surface area contributed by atoms with E-state index in [-0.39, 0.29) is 5.92 Å². The Kier molecular flexibility index (Phi) is 5.55. The first kappa shape index (κ1) is 14.6. The third-order valence-corrected chi connectivity index (χ3v) is 3.43. The van der Waals surface area contributed by atoms with Gasteiger partial charge in [0, 0.05) is 28.2 Å². The molecule has 0 saturated carbocycles. The number of carbonyl (C=O) groups is 1. The van der Waals surface area contributed by atoms with Crippen molar-refractivity contribution in [1.29, 1.82) is 0 Å². The van der Waals surface area contributed by atoms with E-state index in [1.807, 2.05) is 18.0 Å². The van der Waals surface area contributed by atoms with E-state index in [2.05, 4.69) is 36.8 Å². The van der Waals surface area contributed by atoms with Crippen LogP contribution < -0.4 is 0 Å². The molecule has 1 unspecified atom stereocenters. The molecule has 1 aromatic heterocycles. The Balaban J connectivity index is 2.62. The van der Waals surface area contributed by atoms with Crippen LogP contribution in [0.25, 0.3) is 0 Å². The molecule has 1 heterocycles. The van der Waals surface area contributed by atoms with Crippen LogP contribution in [0, 0.1) is 5.92 Å². The zero-order chi connectivity index (χ0) is 13.0. The third kappa shape index (κ3) is 4.73. The van der Waals surface area contributed by atoms with Crippen molar-refractivity contribution in [3.63, 3.8) is 0 Å². The molecule has 0 aliphatic heterocycles. The summed E-state index contributed by atoms with van der Waals surface area (Å²) in [6.07, 6.45) is 1.73. The van der Waals surface area contributed by atoms with Gasteiger partial charge in [0.15, 0.2) is 0 Å². The molecule has 1 aromatic rings. The molecule has 0 aromatic carbocycles. The van der Waals surface area contributed by atoms with Gasteiger partial charge in [0.1, 0.15) is 0 Å². The number of carboxylic acid groups (broad SMARTS) is 1. The first-order valence-corrected chi connectivity index (χ1v) is 6.70. The molecule has 94 valence electrons. The summed E-state index contributed by atoms with van der Waals surface area (Å²) < 4.78 is 1.83. The van der Waals surface area contributed by atoms with E-state index in [0.717, 1.165) is 14.6 Å². The van der Waals surface area contributed by atoms with E-state index < -0.39 is 5.97 Å². The number of aliphatic carboxylic acids is 1. The van der Waals surface area contributed by atoms with E-state index in [0.29, 0.717) is 13.1 Å². The topological polar surface area (TPSA) is 53.4 Å². The Hall–Kier alpha value is -0.460. The van der Waals surface area contributed by atoms with Crippen LogP contribution >= 0.6 is 31.9 Å². The molecule has 0 radical (unpaired) electrons. The zero-order valence-electron chi connectivity index (χ0n) is 9.65. The maximum Gasteiger partial charge on any atom is 0.307 e. The van der Waals surface area contributed by atoms with E-state index >= 15 is 0 Å². The summed E-state index contributed by atoms with van der Waals surface area (Å²) in [5, 5.41) is 8.83. The van der Waals surface area contributed by atoms with Gasteiger partial charge in [-0.05, 0) is 45.0 Å². The highest BCUT2D eigenvalue weighted by atomic mass is 79.9. The van der Waals surface area contributed by atoms with Crippen LogP contribution in [-0.2, 0) is 11.3 Å². The second-order valence-electron chi connectivity index (χ2n) is 4.02. The van der Waals surface area contributed by atoms with E-state index in [1.54, 1.807) is 13.1 Å². The van der Waals surface area contributed by atoms with Crippen LogP contribution in [0.2, 0.25) is 0 Å². The highest BCUT2D eigenvalue weighted by Gasteiger charge is 2.14. The normalized spacial score (nSPS) is 12.8.